The maximum atomic E-state index is 12.9. The molecule has 0 bridgehead atoms. The zero-order valence-electron chi connectivity index (χ0n) is 16.1. The number of para-hydroxylation sites is 1. The monoisotopic (exact) mass is 385 g/mol. The highest BCUT2D eigenvalue weighted by molar-refractivity contribution is 6.13. The van der Waals surface area contributed by atoms with E-state index in [0.29, 0.717) is 29.4 Å². The lowest BCUT2D eigenvalue weighted by Gasteiger charge is -2.21. The van der Waals surface area contributed by atoms with Crippen LogP contribution < -0.4 is 5.32 Å². The molecule has 0 spiro atoms. The number of ketones is 1. The lowest BCUT2D eigenvalue weighted by atomic mass is 10.0. The number of benzene rings is 2. The molecule has 0 aliphatic heterocycles. The van der Waals surface area contributed by atoms with Crippen LogP contribution in [-0.2, 0) is 11.3 Å². The number of carbonyl (C=O) groups excluding carboxylic acids is 2. The Hall–Kier alpha value is -3.31. The van der Waals surface area contributed by atoms with Gasteiger partial charge in [-0.15, -0.1) is 0 Å². The summed E-state index contributed by atoms with van der Waals surface area (Å²) in [5.41, 5.74) is 2.73. The van der Waals surface area contributed by atoms with Crippen molar-refractivity contribution in [2.45, 2.75) is 25.4 Å². The Balaban J connectivity index is 1.46. The minimum atomic E-state index is -0.117. The van der Waals surface area contributed by atoms with E-state index < -0.39 is 0 Å². The zero-order chi connectivity index (χ0) is 20.1. The molecule has 1 fully saturated rings. The largest absolute Gasteiger partial charge is 0.324 e. The van der Waals surface area contributed by atoms with Crippen molar-refractivity contribution in [1.29, 1.82) is 0 Å². The predicted molar refractivity (Wildman–Crippen MR) is 113 cm³/mol. The Bertz CT molecular complexity index is 985. The number of aromatic nitrogens is 1. The molecule has 2 aromatic carbocycles. The minimum Gasteiger partial charge on any atom is -0.324 e. The van der Waals surface area contributed by atoms with Gasteiger partial charge >= 0.3 is 0 Å². The van der Waals surface area contributed by atoms with Crippen molar-refractivity contribution >= 4 is 17.4 Å². The van der Waals surface area contributed by atoms with Crippen molar-refractivity contribution < 1.29 is 9.59 Å². The molecular weight excluding hydrogens is 362 g/mol. The highest BCUT2D eigenvalue weighted by Crippen LogP contribution is 2.28. The smallest absolute Gasteiger partial charge is 0.238 e. The Labute approximate surface area is 170 Å². The van der Waals surface area contributed by atoms with Crippen LogP contribution in [0.15, 0.2) is 79.1 Å². The van der Waals surface area contributed by atoms with Gasteiger partial charge in [-0.25, -0.2) is 0 Å². The molecule has 5 heteroatoms. The Morgan fingerprint density at radius 3 is 2.45 bits per heavy atom. The second kappa shape index (κ2) is 8.80. The summed E-state index contributed by atoms with van der Waals surface area (Å²) in [6.45, 7) is 0.976. The van der Waals surface area contributed by atoms with E-state index in [2.05, 4.69) is 15.2 Å². The van der Waals surface area contributed by atoms with E-state index in [-0.39, 0.29) is 18.2 Å². The summed E-state index contributed by atoms with van der Waals surface area (Å²) in [5, 5.41) is 2.94. The van der Waals surface area contributed by atoms with Crippen LogP contribution in [0.25, 0.3) is 0 Å². The standard InChI is InChI=1S/C24H23N3O2/c28-23(17-27(20-12-13-20)16-18-7-6-14-25-15-18)26-22-11-5-4-10-21(22)24(29)19-8-2-1-3-9-19/h1-11,14-15,20H,12-13,16-17H2,(H,26,28). The third-order valence-electron chi connectivity index (χ3n) is 5.00. The van der Waals surface area contributed by atoms with Gasteiger partial charge in [-0.1, -0.05) is 48.5 Å². The molecule has 1 aromatic heterocycles. The van der Waals surface area contributed by atoms with Gasteiger partial charge < -0.3 is 5.32 Å². The topological polar surface area (TPSA) is 62.3 Å². The lowest BCUT2D eigenvalue weighted by molar-refractivity contribution is -0.117. The Morgan fingerprint density at radius 1 is 0.966 bits per heavy atom. The average molecular weight is 385 g/mol. The molecule has 5 nitrogen and oxygen atoms in total. The highest BCUT2D eigenvalue weighted by Gasteiger charge is 2.30. The number of carbonyl (C=O) groups is 2. The SMILES string of the molecule is O=C(CN(Cc1cccnc1)C1CC1)Nc1ccccc1C(=O)c1ccccc1. The zero-order valence-corrected chi connectivity index (χ0v) is 16.1. The normalized spacial score (nSPS) is 13.3. The van der Waals surface area contributed by atoms with Crippen molar-refractivity contribution in [3.63, 3.8) is 0 Å². The van der Waals surface area contributed by atoms with Gasteiger partial charge in [-0.05, 0) is 36.6 Å². The first-order valence-electron chi connectivity index (χ1n) is 9.82. The van der Waals surface area contributed by atoms with E-state index in [1.807, 2.05) is 48.7 Å². The van der Waals surface area contributed by atoms with Crippen LogP contribution >= 0.6 is 0 Å². The minimum absolute atomic E-state index is 0.101. The molecule has 1 amide bonds. The van der Waals surface area contributed by atoms with Crippen molar-refractivity contribution in [2.24, 2.45) is 0 Å². The van der Waals surface area contributed by atoms with E-state index in [9.17, 15) is 9.59 Å². The third-order valence-corrected chi connectivity index (χ3v) is 5.00. The summed E-state index contributed by atoms with van der Waals surface area (Å²) in [4.78, 5) is 32.0. The first-order valence-corrected chi connectivity index (χ1v) is 9.82. The molecule has 0 saturated heterocycles. The van der Waals surface area contributed by atoms with Gasteiger partial charge in [0.25, 0.3) is 0 Å². The van der Waals surface area contributed by atoms with Crippen molar-refractivity contribution in [3.05, 3.63) is 95.8 Å². The summed E-state index contributed by atoms with van der Waals surface area (Å²) >= 11 is 0. The van der Waals surface area contributed by atoms with Gasteiger partial charge in [-0.3, -0.25) is 19.5 Å². The van der Waals surface area contributed by atoms with E-state index in [1.54, 1.807) is 30.5 Å². The number of hydrogen-bond donors (Lipinski definition) is 1. The van der Waals surface area contributed by atoms with Crippen LogP contribution in [0.3, 0.4) is 0 Å². The molecule has 0 radical (unpaired) electrons. The summed E-state index contributed by atoms with van der Waals surface area (Å²) in [7, 11) is 0. The van der Waals surface area contributed by atoms with Crippen LogP contribution in [0.2, 0.25) is 0 Å². The lowest BCUT2D eigenvalue weighted by Crippen LogP contribution is -2.34. The first-order chi connectivity index (χ1) is 14.2. The van der Waals surface area contributed by atoms with Crippen LogP contribution in [-0.4, -0.2) is 34.2 Å². The van der Waals surface area contributed by atoms with Crippen molar-refractivity contribution in [2.75, 3.05) is 11.9 Å². The quantitative estimate of drug-likeness (QED) is 0.597. The average Bonchev–Trinajstić information content (AvgIpc) is 3.60. The molecule has 1 saturated carbocycles. The number of rotatable bonds is 8. The fraction of sp³-hybridized carbons (Fsp3) is 0.208. The van der Waals surface area contributed by atoms with Gasteiger partial charge in [-0.2, -0.15) is 0 Å². The van der Waals surface area contributed by atoms with E-state index in [4.69, 9.17) is 0 Å². The molecule has 0 atom stereocenters. The fourth-order valence-corrected chi connectivity index (χ4v) is 3.39. The van der Waals surface area contributed by atoms with E-state index in [0.717, 1.165) is 18.4 Å². The van der Waals surface area contributed by atoms with Gasteiger partial charge in [0.2, 0.25) is 5.91 Å². The van der Waals surface area contributed by atoms with Gasteiger partial charge in [0, 0.05) is 36.1 Å². The molecule has 146 valence electrons. The van der Waals surface area contributed by atoms with Crippen LogP contribution in [0.4, 0.5) is 5.69 Å². The van der Waals surface area contributed by atoms with E-state index in [1.165, 1.54) is 0 Å². The first kappa shape index (κ1) is 19.0. The summed E-state index contributed by atoms with van der Waals surface area (Å²) in [5.74, 6) is -0.218. The molecule has 1 aliphatic rings. The fourth-order valence-electron chi connectivity index (χ4n) is 3.39. The Morgan fingerprint density at radius 2 is 1.72 bits per heavy atom. The maximum Gasteiger partial charge on any atom is 0.238 e. The molecule has 1 aliphatic carbocycles. The van der Waals surface area contributed by atoms with Gasteiger partial charge in [0.05, 0.1) is 12.2 Å². The van der Waals surface area contributed by atoms with Crippen molar-refractivity contribution in [1.82, 2.24) is 9.88 Å². The van der Waals surface area contributed by atoms with Gasteiger partial charge in [0.1, 0.15) is 0 Å². The van der Waals surface area contributed by atoms with E-state index >= 15 is 0 Å². The molecule has 3 aromatic rings. The second-order valence-electron chi connectivity index (χ2n) is 7.29. The van der Waals surface area contributed by atoms with Crippen LogP contribution in [0.1, 0.15) is 34.3 Å². The summed E-state index contributed by atoms with van der Waals surface area (Å²) in [6, 6.07) is 20.6. The molecule has 1 N–H and O–H groups in total. The third kappa shape index (κ3) is 4.95. The molecule has 4 rings (SSSR count). The number of anilines is 1. The van der Waals surface area contributed by atoms with Crippen molar-refractivity contribution in [3.8, 4) is 0 Å². The molecule has 0 unspecified atom stereocenters. The number of pyridine rings is 1. The molecule has 29 heavy (non-hydrogen) atoms. The summed E-state index contributed by atoms with van der Waals surface area (Å²) in [6.07, 6.45) is 5.80. The Kier molecular flexibility index (Phi) is 5.77. The van der Waals surface area contributed by atoms with Gasteiger partial charge in [0.15, 0.2) is 5.78 Å². The maximum absolute atomic E-state index is 12.9. The molecule has 1 heterocycles. The number of amides is 1. The number of nitrogens with one attached hydrogen (secondary N) is 1. The molecular formula is C24H23N3O2. The summed E-state index contributed by atoms with van der Waals surface area (Å²) < 4.78 is 0. The highest BCUT2D eigenvalue weighted by atomic mass is 16.2. The number of hydrogen-bond acceptors (Lipinski definition) is 4. The second-order valence-corrected chi connectivity index (χ2v) is 7.29. The van der Waals surface area contributed by atoms with Crippen LogP contribution in [0.5, 0.6) is 0 Å². The predicted octanol–water partition coefficient (Wildman–Crippen LogP) is 3.92. The number of nitrogens with zero attached hydrogens (tertiary/aromatic N) is 2. The van der Waals surface area contributed by atoms with Crippen LogP contribution in [0, 0.1) is 0 Å².